The van der Waals surface area contributed by atoms with E-state index in [0.717, 1.165) is 11.1 Å². The Labute approximate surface area is 141 Å². The minimum absolute atomic E-state index is 0.0204. The third-order valence-electron chi connectivity index (χ3n) is 3.81. The lowest BCUT2D eigenvalue weighted by atomic mass is 10.1. The Morgan fingerprint density at radius 2 is 1.88 bits per heavy atom. The van der Waals surface area contributed by atoms with E-state index in [0.29, 0.717) is 11.4 Å². The maximum Gasteiger partial charge on any atom is 0.264 e. The summed E-state index contributed by atoms with van der Waals surface area (Å²) in [5, 5.41) is 0. The zero-order valence-corrected chi connectivity index (χ0v) is 14.0. The molecule has 1 N–H and O–H groups in total. The van der Waals surface area contributed by atoms with E-state index in [1.165, 1.54) is 4.90 Å². The van der Waals surface area contributed by atoms with Crippen molar-refractivity contribution in [3.8, 4) is 5.75 Å². The minimum Gasteiger partial charge on any atom is -0.482 e. The monoisotopic (exact) mass is 346 g/mol. The number of likely N-dealkylation sites (N-methyl/N-ethyl adjacent to an activating group) is 1. The first-order valence-electron chi connectivity index (χ1n) is 7.48. The maximum absolute atomic E-state index is 12.2. The number of anilines is 1. The molecule has 1 aliphatic rings. The van der Waals surface area contributed by atoms with Gasteiger partial charge in [0.25, 0.3) is 5.91 Å². The van der Waals surface area contributed by atoms with Crippen molar-refractivity contribution < 1.29 is 17.9 Å². The highest BCUT2D eigenvalue weighted by atomic mass is 32.2. The van der Waals surface area contributed by atoms with Gasteiger partial charge >= 0.3 is 0 Å². The van der Waals surface area contributed by atoms with Crippen LogP contribution in [0.5, 0.6) is 5.75 Å². The molecule has 126 valence electrons. The second kappa shape index (κ2) is 6.62. The second-order valence-corrected chi connectivity index (χ2v) is 7.42. The first kappa shape index (κ1) is 16.5. The van der Waals surface area contributed by atoms with Gasteiger partial charge in [-0.1, -0.05) is 36.4 Å². The molecule has 3 rings (SSSR count). The maximum atomic E-state index is 12.2. The molecule has 7 heteroatoms. The summed E-state index contributed by atoms with van der Waals surface area (Å²) in [5.41, 5.74) is 2.13. The third kappa shape index (κ3) is 3.74. The van der Waals surface area contributed by atoms with Crippen molar-refractivity contribution in [2.45, 2.75) is 12.3 Å². The van der Waals surface area contributed by atoms with Gasteiger partial charge in [0.05, 0.1) is 11.4 Å². The zero-order chi connectivity index (χ0) is 17.2. The standard InChI is InChI=1S/C17H18N2O4S/c1-19-15-9-14(7-8-16(15)23-11-17(19)20)10-18-24(21,22)12-13-5-3-2-4-6-13/h2-9,18H,10-12H2,1H3. The number of sulfonamides is 1. The number of amides is 1. The van der Waals surface area contributed by atoms with Crippen LogP contribution < -0.4 is 14.4 Å². The van der Waals surface area contributed by atoms with Crippen LogP contribution in [0.2, 0.25) is 0 Å². The highest BCUT2D eigenvalue weighted by Gasteiger charge is 2.22. The van der Waals surface area contributed by atoms with Crippen LogP contribution in [0.4, 0.5) is 5.69 Å². The van der Waals surface area contributed by atoms with Gasteiger partial charge < -0.3 is 9.64 Å². The van der Waals surface area contributed by atoms with E-state index in [2.05, 4.69) is 4.72 Å². The molecule has 0 fully saturated rings. The highest BCUT2D eigenvalue weighted by molar-refractivity contribution is 7.88. The Kier molecular flexibility index (Phi) is 4.55. The number of ether oxygens (including phenoxy) is 1. The lowest BCUT2D eigenvalue weighted by Crippen LogP contribution is -2.35. The van der Waals surface area contributed by atoms with Crippen molar-refractivity contribution >= 4 is 21.6 Å². The van der Waals surface area contributed by atoms with Gasteiger partial charge in [-0.05, 0) is 23.3 Å². The van der Waals surface area contributed by atoms with E-state index in [1.54, 1.807) is 49.5 Å². The molecule has 0 radical (unpaired) electrons. The van der Waals surface area contributed by atoms with E-state index in [-0.39, 0.29) is 24.8 Å². The molecular weight excluding hydrogens is 328 g/mol. The van der Waals surface area contributed by atoms with Gasteiger partial charge in [0, 0.05) is 13.6 Å². The Bertz CT molecular complexity index is 850. The number of fused-ring (bicyclic) bond motifs is 1. The van der Waals surface area contributed by atoms with Crippen molar-refractivity contribution in [1.29, 1.82) is 0 Å². The molecule has 0 atom stereocenters. The number of carbonyl (C=O) groups excluding carboxylic acids is 1. The van der Waals surface area contributed by atoms with Crippen LogP contribution in [0.3, 0.4) is 0 Å². The van der Waals surface area contributed by atoms with E-state index in [9.17, 15) is 13.2 Å². The topological polar surface area (TPSA) is 75.7 Å². The molecule has 6 nitrogen and oxygen atoms in total. The summed E-state index contributed by atoms with van der Waals surface area (Å²) in [6, 6.07) is 14.3. The van der Waals surface area contributed by atoms with Crippen molar-refractivity contribution in [1.82, 2.24) is 4.72 Å². The SMILES string of the molecule is CN1C(=O)COc2ccc(CNS(=O)(=O)Cc3ccccc3)cc21. The molecule has 0 spiro atoms. The Hall–Kier alpha value is -2.38. The van der Waals surface area contributed by atoms with Gasteiger partial charge in [-0.15, -0.1) is 0 Å². The third-order valence-corrected chi connectivity index (χ3v) is 5.10. The highest BCUT2D eigenvalue weighted by Crippen LogP contribution is 2.31. The van der Waals surface area contributed by atoms with Gasteiger partial charge in [-0.2, -0.15) is 0 Å². The molecule has 0 aromatic heterocycles. The molecule has 0 bridgehead atoms. The minimum atomic E-state index is -3.44. The van der Waals surface area contributed by atoms with Crippen LogP contribution in [0.25, 0.3) is 0 Å². The average molecular weight is 346 g/mol. The van der Waals surface area contributed by atoms with Crippen molar-refractivity contribution in [2.75, 3.05) is 18.6 Å². The number of benzene rings is 2. The quantitative estimate of drug-likeness (QED) is 0.893. The molecule has 24 heavy (non-hydrogen) atoms. The molecule has 0 unspecified atom stereocenters. The number of carbonyl (C=O) groups is 1. The molecule has 2 aromatic rings. The summed E-state index contributed by atoms with van der Waals surface area (Å²) in [6.45, 7) is 0.178. The molecule has 0 saturated heterocycles. The molecule has 1 amide bonds. The molecule has 0 aliphatic carbocycles. The van der Waals surface area contributed by atoms with Crippen molar-refractivity contribution in [3.63, 3.8) is 0 Å². The fourth-order valence-electron chi connectivity index (χ4n) is 2.47. The van der Waals surface area contributed by atoms with Crippen LogP contribution in [-0.2, 0) is 27.1 Å². The summed E-state index contributed by atoms with van der Waals surface area (Å²) in [5.74, 6) is 0.414. The van der Waals surface area contributed by atoms with Crippen LogP contribution in [-0.4, -0.2) is 28.0 Å². The predicted molar refractivity (Wildman–Crippen MR) is 91.3 cm³/mol. The van der Waals surface area contributed by atoms with Crippen LogP contribution in [0.1, 0.15) is 11.1 Å². The first-order valence-corrected chi connectivity index (χ1v) is 9.13. The normalized spacial score (nSPS) is 14.2. The molecule has 0 saturated carbocycles. The summed E-state index contributed by atoms with van der Waals surface area (Å²) in [6.07, 6.45) is 0. The van der Waals surface area contributed by atoms with Crippen molar-refractivity contribution in [3.05, 3.63) is 59.7 Å². The smallest absolute Gasteiger partial charge is 0.264 e. The van der Waals surface area contributed by atoms with Crippen molar-refractivity contribution in [2.24, 2.45) is 0 Å². The summed E-state index contributed by atoms with van der Waals surface area (Å²) >= 11 is 0. The van der Waals surface area contributed by atoms with Gasteiger partial charge in [0.2, 0.25) is 10.0 Å². The zero-order valence-electron chi connectivity index (χ0n) is 13.2. The van der Waals surface area contributed by atoms with Crippen LogP contribution >= 0.6 is 0 Å². The Morgan fingerprint density at radius 3 is 2.62 bits per heavy atom. The summed E-state index contributed by atoms with van der Waals surface area (Å²) in [7, 11) is -1.77. The molecule has 1 heterocycles. The molecular formula is C17H18N2O4S. The second-order valence-electron chi connectivity index (χ2n) is 5.61. The Balaban J connectivity index is 1.70. The van der Waals surface area contributed by atoms with E-state index < -0.39 is 10.0 Å². The van der Waals surface area contributed by atoms with Gasteiger partial charge in [0.1, 0.15) is 5.75 Å². The molecule has 1 aliphatic heterocycles. The Morgan fingerprint density at radius 1 is 1.12 bits per heavy atom. The first-order chi connectivity index (χ1) is 11.4. The van der Waals surface area contributed by atoms with E-state index >= 15 is 0 Å². The fourth-order valence-corrected chi connectivity index (χ4v) is 3.59. The number of rotatable bonds is 5. The molecule has 2 aromatic carbocycles. The van der Waals surface area contributed by atoms with E-state index in [1.807, 2.05) is 6.07 Å². The summed E-state index contributed by atoms with van der Waals surface area (Å²) < 4.78 is 32.3. The van der Waals surface area contributed by atoms with Gasteiger partial charge in [-0.25, -0.2) is 13.1 Å². The lowest BCUT2D eigenvalue weighted by molar-refractivity contribution is -0.120. The van der Waals surface area contributed by atoms with E-state index in [4.69, 9.17) is 4.74 Å². The number of hydrogen-bond acceptors (Lipinski definition) is 4. The fraction of sp³-hybridized carbons (Fsp3) is 0.235. The largest absolute Gasteiger partial charge is 0.482 e. The number of nitrogens with zero attached hydrogens (tertiary/aromatic N) is 1. The van der Waals surface area contributed by atoms with Gasteiger partial charge in [0.15, 0.2) is 6.61 Å². The summed E-state index contributed by atoms with van der Waals surface area (Å²) in [4.78, 5) is 13.2. The van der Waals surface area contributed by atoms with Crippen LogP contribution in [0.15, 0.2) is 48.5 Å². The average Bonchev–Trinajstić information content (AvgIpc) is 2.57. The van der Waals surface area contributed by atoms with Crippen LogP contribution in [0, 0.1) is 0 Å². The lowest BCUT2D eigenvalue weighted by Gasteiger charge is -2.26. The predicted octanol–water partition coefficient (Wildman–Crippen LogP) is 1.66. The van der Waals surface area contributed by atoms with Gasteiger partial charge in [-0.3, -0.25) is 4.79 Å². The number of nitrogens with one attached hydrogen (secondary N) is 1. The number of hydrogen-bond donors (Lipinski definition) is 1.